The number of nitrogens with zero attached hydrogens (tertiary/aromatic N) is 1. The molecule has 0 bridgehead atoms. The molecule has 92 valence electrons. The summed E-state index contributed by atoms with van der Waals surface area (Å²) in [6, 6.07) is 14.5. The number of ether oxygens (including phenoxy) is 1. The lowest BCUT2D eigenvalue weighted by molar-refractivity contribution is 0.340. The molecular weight excluding hydrogens is 226 g/mol. The standard InChI is InChI=1S/C15H15NO2/c1-2-18-15-8-6-13(7-9-15)16-11-12-4-3-5-14(17)10-12/h3-11,17H,2H2,1H3. The SMILES string of the molecule is CCOc1ccc(N=Cc2cccc(O)c2)cc1. The van der Waals surface area contributed by atoms with Gasteiger partial charge in [0.15, 0.2) is 0 Å². The lowest BCUT2D eigenvalue weighted by atomic mass is 10.2. The maximum atomic E-state index is 9.33. The lowest BCUT2D eigenvalue weighted by Gasteiger charge is -2.02. The minimum atomic E-state index is 0.241. The van der Waals surface area contributed by atoms with E-state index in [1.54, 1.807) is 24.4 Å². The summed E-state index contributed by atoms with van der Waals surface area (Å²) in [5, 5.41) is 9.33. The molecular formula is C15H15NO2. The molecule has 2 aromatic rings. The van der Waals surface area contributed by atoms with Gasteiger partial charge in [0.05, 0.1) is 12.3 Å². The Kier molecular flexibility index (Phi) is 3.97. The molecule has 1 N–H and O–H groups in total. The van der Waals surface area contributed by atoms with Crippen molar-refractivity contribution in [2.75, 3.05) is 6.61 Å². The molecule has 0 spiro atoms. The zero-order valence-corrected chi connectivity index (χ0v) is 10.2. The van der Waals surface area contributed by atoms with Gasteiger partial charge in [-0.1, -0.05) is 12.1 Å². The highest BCUT2D eigenvalue weighted by atomic mass is 16.5. The first kappa shape index (κ1) is 12.2. The molecule has 3 nitrogen and oxygen atoms in total. The molecule has 2 aromatic carbocycles. The van der Waals surface area contributed by atoms with Gasteiger partial charge in [0, 0.05) is 6.21 Å². The fourth-order valence-corrected chi connectivity index (χ4v) is 1.55. The number of hydrogen-bond donors (Lipinski definition) is 1. The van der Waals surface area contributed by atoms with Crippen LogP contribution in [0, 0.1) is 0 Å². The molecule has 0 aliphatic carbocycles. The summed E-state index contributed by atoms with van der Waals surface area (Å²) >= 11 is 0. The summed E-state index contributed by atoms with van der Waals surface area (Å²) in [7, 11) is 0. The van der Waals surface area contributed by atoms with Crippen molar-refractivity contribution >= 4 is 11.9 Å². The van der Waals surface area contributed by atoms with E-state index in [9.17, 15) is 5.11 Å². The van der Waals surface area contributed by atoms with Crippen LogP contribution >= 0.6 is 0 Å². The number of hydrogen-bond acceptors (Lipinski definition) is 3. The molecule has 3 heteroatoms. The van der Waals surface area contributed by atoms with Crippen LogP contribution in [0.3, 0.4) is 0 Å². The van der Waals surface area contributed by atoms with E-state index in [4.69, 9.17) is 4.74 Å². The molecule has 0 aliphatic rings. The van der Waals surface area contributed by atoms with Gasteiger partial charge in [0.25, 0.3) is 0 Å². The monoisotopic (exact) mass is 241 g/mol. The topological polar surface area (TPSA) is 41.8 Å². The van der Waals surface area contributed by atoms with Gasteiger partial charge in [-0.25, -0.2) is 0 Å². The van der Waals surface area contributed by atoms with E-state index < -0.39 is 0 Å². The largest absolute Gasteiger partial charge is 0.508 e. The first-order valence-corrected chi connectivity index (χ1v) is 5.84. The molecule has 0 saturated heterocycles. The summed E-state index contributed by atoms with van der Waals surface area (Å²) < 4.78 is 5.35. The van der Waals surface area contributed by atoms with Crippen LogP contribution in [0.1, 0.15) is 12.5 Å². The molecule has 0 heterocycles. The van der Waals surface area contributed by atoms with Crippen LogP contribution in [0.5, 0.6) is 11.5 Å². The van der Waals surface area contributed by atoms with Gasteiger partial charge >= 0.3 is 0 Å². The average Bonchev–Trinajstić information content (AvgIpc) is 2.38. The van der Waals surface area contributed by atoms with Crippen LogP contribution in [0.15, 0.2) is 53.5 Å². The molecule has 18 heavy (non-hydrogen) atoms. The molecule has 0 saturated carbocycles. The number of aromatic hydroxyl groups is 1. The quantitative estimate of drug-likeness (QED) is 0.832. The van der Waals surface area contributed by atoms with E-state index >= 15 is 0 Å². The second-order valence-electron chi connectivity index (χ2n) is 3.78. The molecule has 0 fully saturated rings. The highest BCUT2D eigenvalue weighted by molar-refractivity contribution is 5.82. The Labute approximate surface area is 106 Å². The van der Waals surface area contributed by atoms with Gasteiger partial charge in [-0.3, -0.25) is 4.99 Å². The zero-order valence-electron chi connectivity index (χ0n) is 10.2. The molecule has 2 rings (SSSR count). The predicted molar refractivity (Wildman–Crippen MR) is 73.0 cm³/mol. The number of benzene rings is 2. The fraction of sp³-hybridized carbons (Fsp3) is 0.133. The van der Waals surface area contributed by atoms with Crippen molar-refractivity contribution in [3.63, 3.8) is 0 Å². The normalized spacial score (nSPS) is 10.7. The van der Waals surface area contributed by atoms with Crippen molar-refractivity contribution in [1.29, 1.82) is 0 Å². The third kappa shape index (κ3) is 3.35. The molecule has 0 amide bonds. The first-order chi connectivity index (χ1) is 8.78. The zero-order chi connectivity index (χ0) is 12.8. The number of aliphatic imine (C=N–C) groups is 1. The summed E-state index contributed by atoms with van der Waals surface area (Å²) in [5.41, 5.74) is 1.71. The maximum absolute atomic E-state index is 9.33. The average molecular weight is 241 g/mol. The van der Waals surface area contributed by atoms with E-state index in [2.05, 4.69) is 4.99 Å². The van der Waals surface area contributed by atoms with Gasteiger partial charge < -0.3 is 9.84 Å². The molecule has 0 atom stereocenters. The van der Waals surface area contributed by atoms with Crippen LogP contribution in [0.2, 0.25) is 0 Å². The smallest absolute Gasteiger partial charge is 0.119 e. The first-order valence-electron chi connectivity index (χ1n) is 5.84. The Bertz CT molecular complexity index is 532. The molecule has 0 aromatic heterocycles. The second-order valence-corrected chi connectivity index (χ2v) is 3.78. The van der Waals surface area contributed by atoms with Crippen molar-refractivity contribution in [3.05, 3.63) is 54.1 Å². The van der Waals surface area contributed by atoms with Crippen LogP contribution in [-0.4, -0.2) is 17.9 Å². The van der Waals surface area contributed by atoms with E-state index in [-0.39, 0.29) is 5.75 Å². The van der Waals surface area contributed by atoms with Crippen LogP contribution in [0.25, 0.3) is 0 Å². The van der Waals surface area contributed by atoms with Crippen molar-refractivity contribution in [2.24, 2.45) is 4.99 Å². The molecule has 0 unspecified atom stereocenters. The number of phenolic OH excluding ortho intramolecular Hbond substituents is 1. The van der Waals surface area contributed by atoms with Gasteiger partial charge in [-0.05, 0) is 48.9 Å². The van der Waals surface area contributed by atoms with Crippen molar-refractivity contribution < 1.29 is 9.84 Å². The van der Waals surface area contributed by atoms with Gasteiger partial charge in [0.2, 0.25) is 0 Å². The van der Waals surface area contributed by atoms with E-state index in [0.717, 1.165) is 17.0 Å². The fourth-order valence-electron chi connectivity index (χ4n) is 1.55. The minimum absolute atomic E-state index is 0.241. The summed E-state index contributed by atoms with van der Waals surface area (Å²) in [4.78, 5) is 4.33. The van der Waals surface area contributed by atoms with Gasteiger partial charge in [0.1, 0.15) is 11.5 Å². The van der Waals surface area contributed by atoms with Crippen LogP contribution in [0.4, 0.5) is 5.69 Å². The summed E-state index contributed by atoms with van der Waals surface area (Å²) in [6.07, 6.45) is 1.72. The number of rotatable bonds is 4. The highest BCUT2D eigenvalue weighted by Crippen LogP contribution is 2.18. The highest BCUT2D eigenvalue weighted by Gasteiger charge is 1.93. The van der Waals surface area contributed by atoms with Crippen molar-refractivity contribution in [1.82, 2.24) is 0 Å². The van der Waals surface area contributed by atoms with E-state index in [1.165, 1.54) is 0 Å². The third-order valence-electron chi connectivity index (χ3n) is 2.38. The maximum Gasteiger partial charge on any atom is 0.119 e. The minimum Gasteiger partial charge on any atom is -0.508 e. The Morgan fingerprint density at radius 1 is 1.17 bits per heavy atom. The Balaban J connectivity index is 2.09. The van der Waals surface area contributed by atoms with Gasteiger partial charge in [-0.2, -0.15) is 0 Å². The molecule has 0 radical (unpaired) electrons. The van der Waals surface area contributed by atoms with Crippen LogP contribution < -0.4 is 4.74 Å². The summed E-state index contributed by atoms with van der Waals surface area (Å²) in [5.74, 6) is 1.08. The van der Waals surface area contributed by atoms with Crippen molar-refractivity contribution in [3.8, 4) is 11.5 Å². The van der Waals surface area contributed by atoms with Crippen LogP contribution in [-0.2, 0) is 0 Å². The van der Waals surface area contributed by atoms with Crippen molar-refractivity contribution in [2.45, 2.75) is 6.92 Å². The number of phenols is 1. The second kappa shape index (κ2) is 5.87. The van der Waals surface area contributed by atoms with E-state index in [1.807, 2.05) is 37.3 Å². The van der Waals surface area contributed by atoms with Gasteiger partial charge in [-0.15, -0.1) is 0 Å². The Morgan fingerprint density at radius 2 is 1.94 bits per heavy atom. The predicted octanol–water partition coefficient (Wildman–Crippen LogP) is 3.54. The van der Waals surface area contributed by atoms with E-state index in [0.29, 0.717) is 6.61 Å². The summed E-state index contributed by atoms with van der Waals surface area (Å²) in [6.45, 7) is 2.61. The third-order valence-corrected chi connectivity index (χ3v) is 2.38. The molecule has 0 aliphatic heterocycles. The Morgan fingerprint density at radius 3 is 2.61 bits per heavy atom. The Hall–Kier alpha value is -2.29. The lowest BCUT2D eigenvalue weighted by Crippen LogP contribution is -1.89.